The van der Waals surface area contributed by atoms with Crippen LogP contribution in [-0.4, -0.2) is 37.2 Å². The van der Waals surface area contributed by atoms with Crippen molar-refractivity contribution in [3.63, 3.8) is 0 Å². The number of fused-ring (bicyclic) bond motifs is 1. The standard InChI is InChI=1S/C17H22N4O4/c1-24-15(22)9-12-8-11-4-5-13(10-14(11)21-16(12)23)25-7-3-2-6-20-17(18)19/h4-5,8,10H,2-3,6-7,9H2,1H3,(H,21,23)(H4,18,19,20). The van der Waals surface area contributed by atoms with Gasteiger partial charge < -0.3 is 25.5 Å². The molecule has 0 spiro atoms. The largest absolute Gasteiger partial charge is 0.494 e. The molecular weight excluding hydrogens is 324 g/mol. The quantitative estimate of drug-likeness (QED) is 0.243. The summed E-state index contributed by atoms with van der Waals surface area (Å²) in [5, 5.41) is 10.6. The first-order valence-corrected chi connectivity index (χ1v) is 7.93. The summed E-state index contributed by atoms with van der Waals surface area (Å²) in [5.74, 6) is 0.165. The van der Waals surface area contributed by atoms with Gasteiger partial charge in [0.25, 0.3) is 5.56 Å². The average Bonchev–Trinajstić information content (AvgIpc) is 2.58. The number of hydrogen-bond donors (Lipinski definition) is 4. The van der Waals surface area contributed by atoms with Gasteiger partial charge in [-0.05, 0) is 36.4 Å². The van der Waals surface area contributed by atoms with E-state index in [-0.39, 0.29) is 17.9 Å². The number of benzene rings is 1. The van der Waals surface area contributed by atoms with E-state index in [1.165, 1.54) is 7.11 Å². The molecule has 0 unspecified atom stereocenters. The summed E-state index contributed by atoms with van der Waals surface area (Å²) in [4.78, 5) is 26.1. The lowest BCUT2D eigenvalue weighted by atomic mass is 10.1. The van der Waals surface area contributed by atoms with Crippen LogP contribution >= 0.6 is 0 Å². The van der Waals surface area contributed by atoms with Gasteiger partial charge in [-0.3, -0.25) is 15.0 Å². The number of carbonyl (C=O) groups is 1. The number of ether oxygens (including phenoxy) is 2. The summed E-state index contributed by atoms with van der Waals surface area (Å²) in [5.41, 5.74) is 5.89. The van der Waals surface area contributed by atoms with E-state index in [1.54, 1.807) is 12.1 Å². The Morgan fingerprint density at radius 1 is 1.32 bits per heavy atom. The molecule has 0 radical (unpaired) electrons. The van der Waals surface area contributed by atoms with E-state index in [2.05, 4.69) is 15.0 Å². The van der Waals surface area contributed by atoms with E-state index in [4.69, 9.17) is 15.9 Å². The number of pyridine rings is 1. The van der Waals surface area contributed by atoms with Crippen molar-refractivity contribution in [3.05, 3.63) is 40.2 Å². The van der Waals surface area contributed by atoms with Crippen molar-refractivity contribution in [2.75, 3.05) is 20.3 Å². The van der Waals surface area contributed by atoms with Gasteiger partial charge in [0.05, 0.1) is 25.7 Å². The van der Waals surface area contributed by atoms with E-state index >= 15 is 0 Å². The number of esters is 1. The number of unbranched alkanes of at least 4 members (excludes halogenated alkanes) is 1. The molecule has 1 heterocycles. The summed E-state index contributed by atoms with van der Waals surface area (Å²) in [7, 11) is 1.29. The highest BCUT2D eigenvalue weighted by Crippen LogP contribution is 2.19. The van der Waals surface area contributed by atoms with Crippen LogP contribution in [0, 0.1) is 5.41 Å². The van der Waals surface area contributed by atoms with Crippen LogP contribution in [0.15, 0.2) is 29.1 Å². The number of nitrogens with two attached hydrogens (primary N) is 1. The maximum absolute atomic E-state index is 12.0. The predicted octanol–water partition coefficient (Wildman–Crippen LogP) is 0.886. The van der Waals surface area contributed by atoms with Gasteiger partial charge in [-0.2, -0.15) is 0 Å². The first kappa shape index (κ1) is 18.3. The van der Waals surface area contributed by atoms with E-state index in [9.17, 15) is 9.59 Å². The van der Waals surface area contributed by atoms with Crippen molar-refractivity contribution in [1.82, 2.24) is 10.3 Å². The van der Waals surface area contributed by atoms with Gasteiger partial charge in [0.1, 0.15) is 5.75 Å². The van der Waals surface area contributed by atoms with Crippen LogP contribution in [0.2, 0.25) is 0 Å². The molecule has 8 heteroatoms. The van der Waals surface area contributed by atoms with Crippen LogP contribution in [0.25, 0.3) is 10.9 Å². The second kappa shape index (κ2) is 8.72. The third-order valence-electron chi connectivity index (χ3n) is 3.61. The molecule has 0 atom stereocenters. The zero-order valence-corrected chi connectivity index (χ0v) is 14.1. The molecule has 0 aliphatic heterocycles. The maximum atomic E-state index is 12.0. The number of aromatic nitrogens is 1. The Bertz CT molecular complexity index is 816. The first-order chi connectivity index (χ1) is 12.0. The minimum absolute atomic E-state index is 0.0361. The molecule has 1 aromatic carbocycles. The van der Waals surface area contributed by atoms with Gasteiger partial charge in [0.2, 0.25) is 0 Å². The summed E-state index contributed by atoms with van der Waals surface area (Å²) in [6.07, 6.45) is 1.59. The number of H-pyrrole nitrogens is 1. The minimum Gasteiger partial charge on any atom is -0.494 e. The Labute approximate surface area is 144 Å². The maximum Gasteiger partial charge on any atom is 0.310 e. The number of nitrogens with one attached hydrogen (secondary N) is 3. The molecule has 8 nitrogen and oxygen atoms in total. The first-order valence-electron chi connectivity index (χ1n) is 7.93. The van der Waals surface area contributed by atoms with Gasteiger partial charge in [-0.1, -0.05) is 0 Å². The molecule has 0 bridgehead atoms. The van der Waals surface area contributed by atoms with Crippen molar-refractivity contribution in [2.24, 2.45) is 5.73 Å². The van der Waals surface area contributed by atoms with Crippen LogP contribution in [-0.2, 0) is 16.0 Å². The SMILES string of the molecule is COC(=O)Cc1cc2ccc(OCCCCNC(=N)N)cc2[nH]c1=O. The zero-order chi connectivity index (χ0) is 18.2. The van der Waals surface area contributed by atoms with Gasteiger partial charge >= 0.3 is 5.97 Å². The number of aromatic amines is 1. The molecule has 0 aliphatic rings. The van der Waals surface area contributed by atoms with Crippen molar-refractivity contribution < 1.29 is 14.3 Å². The lowest BCUT2D eigenvalue weighted by molar-refractivity contribution is -0.139. The minimum atomic E-state index is -0.455. The molecule has 0 saturated carbocycles. The molecule has 0 fully saturated rings. The van der Waals surface area contributed by atoms with Crippen molar-refractivity contribution in [2.45, 2.75) is 19.3 Å². The molecule has 5 N–H and O–H groups in total. The van der Waals surface area contributed by atoms with E-state index < -0.39 is 5.97 Å². The predicted molar refractivity (Wildman–Crippen MR) is 94.9 cm³/mol. The van der Waals surface area contributed by atoms with E-state index in [0.717, 1.165) is 18.2 Å². The Morgan fingerprint density at radius 2 is 2.12 bits per heavy atom. The number of hydrogen-bond acceptors (Lipinski definition) is 5. The topological polar surface area (TPSA) is 130 Å². The van der Waals surface area contributed by atoms with Crippen LogP contribution in [0.5, 0.6) is 5.75 Å². The van der Waals surface area contributed by atoms with Crippen molar-refractivity contribution in [1.29, 1.82) is 5.41 Å². The zero-order valence-electron chi connectivity index (χ0n) is 14.1. The molecule has 0 saturated heterocycles. The summed E-state index contributed by atoms with van der Waals surface area (Å²) < 4.78 is 10.3. The van der Waals surface area contributed by atoms with Crippen LogP contribution in [0.3, 0.4) is 0 Å². The fraction of sp³-hybridized carbons (Fsp3) is 0.353. The average molecular weight is 346 g/mol. The molecule has 134 valence electrons. The highest BCUT2D eigenvalue weighted by atomic mass is 16.5. The van der Waals surface area contributed by atoms with Gasteiger partial charge in [0, 0.05) is 18.2 Å². The van der Waals surface area contributed by atoms with Gasteiger partial charge in [0.15, 0.2) is 5.96 Å². The molecule has 1 aromatic heterocycles. The molecule has 0 amide bonds. The smallest absolute Gasteiger partial charge is 0.310 e. The number of carbonyl (C=O) groups excluding carboxylic acids is 1. The Balaban J connectivity index is 1.97. The molecular formula is C17H22N4O4. The molecule has 2 rings (SSSR count). The summed E-state index contributed by atoms with van der Waals surface area (Å²) in [6.45, 7) is 1.16. The van der Waals surface area contributed by atoms with Crippen LogP contribution < -0.4 is 21.3 Å². The third-order valence-corrected chi connectivity index (χ3v) is 3.61. The lowest BCUT2D eigenvalue weighted by Gasteiger charge is -2.08. The van der Waals surface area contributed by atoms with Crippen molar-refractivity contribution in [3.8, 4) is 5.75 Å². The van der Waals surface area contributed by atoms with E-state index in [0.29, 0.717) is 30.0 Å². The summed E-state index contributed by atoms with van der Waals surface area (Å²) >= 11 is 0. The molecule has 2 aromatic rings. The molecule has 25 heavy (non-hydrogen) atoms. The van der Waals surface area contributed by atoms with Gasteiger partial charge in [-0.15, -0.1) is 0 Å². The Hall–Kier alpha value is -3.03. The molecule has 0 aliphatic carbocycles. The highest BCUT2D eigenvalue weighted by Gasteiger charge is 2.09. The summed E-state index contributed by atoms with van der Waals surface area (Å²) in [6, 6.07) is 7.09. The number of guanidine groups is 1. The van der Waals surface area contributed by atoms with Gasteiger partial charge in [-0.25, -0.2) is 0 Å². The number of methoxy groups -OCH3 is 1. The third kappa shape index (κ3) is 5.52. The fourth-order valence-electron chi connectivity index (χ4n) is 2.31. The lowest BCUT2D eigenvalue weighted by Crippen LogP contribution is -2.31. The Morgan fingerprint density at radius 3 is 2.84 bits per heavy atom. The number of rotatable bonds is 8. The van der Waals surface area contributed by atoms with Crippen LogP contribution in [0.4, 0.5) is 0 Å². The Kier molecular flexibility index (Phi) is 6.39. The normalized spacial score (nSPS) is 10.4. The van der Waals surface area contributed by atoms with Crippen LogP contribution in [0.1, 0.15) is 18.4 Å². The second-order valence-electron chi connectivity index (χ2n) is 5.52. The van der Waals surface area contributed by atoms with E-state index in [1.807, 2.05) is 12.1 Å². The monoisotopic (exact) mass is 346 g/mol. The second-order valence-corrected chi connectivity index (χ2v) is 5.52. The van der Waals surface area contributed by atoms with Crippen molar-refractivity contribution >= 4 is 22.8 Å². The fourth-order valence-corrected chi connectivity index (χ4v) is 2.31. The highest BCUT2D eigenvalue weighted by molar-refractivity contribution is 5.82.